The quantitative estimate of drug-likeness (QED) is 0.902. The van der Waals surface area contributed by atoms with Crippen molar-refractivity contribution in [3.8, 4) is 5.75 Å². The SMILES string of the molecule is O=S(=O)(Nc1ncccc1O)c1ccc(F)c(F)c1. The molecular formula is C11H8F2N2O3S. The highest BCUT2D eigenvalue weighted by Gasteiger charge is 2.18. The lowest BCUT2D eigenvalue weighted by Gasteiger charge is -2.08. The van der Waals surface area contributed by atoms with Crippen molar-refractivity contribution in [1.82, 2.24) is 4.98 Å². The Labute approximate surface area is 107 Å². The number of nitrogens with zero attached hydrogens (tertiary/aromatic N) is 1. The smallest absolute Gasteiger partial charge is 0.263 e. The molecule has 0 radical (unpaired) electrons. The van der Waals surface area contributed by atoms with Crippen LogP contribution in [0.15, 0.2) is 41.4 Å². The molecule has 0 fully saturated rings. The van der Waals surface area contributed by atoms with Crippen LogP contribution in [0.2, 0.25) is 0 Å². The molecule has 100 valence electrons. The lowest BCUT2D eigenvalue weighted by Crippen LogP contribution is -2.14. The molecule has 0 spiro atoms. The number of sulfonamides is 1. The van der Waals surface area contributed by atoms with Crippen molar-refractivity contribution >= 4 is 15.8 Å². The van der Waals surface area contributed by atoms with Crippen LogP contribution in [0.25, 0.3) is 0 Å². The average Bonchev–Trinajstić information content (AvgIpc) is 2.35. The summed E-state index contributed by atoms with van der Waals surface area (Å²) in [5, 5.41) is 9.40. The number of anilines is 1. The maximum Gasteiger partial charge on any atom is 0.263 e. The summed E-state index contributed by atoms with van der Waals surface area (Å²) in [6.45, 7) is 0. The van der Waals surface area contributed by atoms with Gasteiger partial charge in [-0.3, -0.25) is 4.72 Å². The minimum Gasteiger partial charge on any atom is -0.504 e. The molecular weight excluding hydrogens is 278 g/mol. The van der Waals surface area contributed by atoms with E-state index in [4.69, 9.17) is 0 Å². The van der Waals surface area contributed by atoms with Crippen LogP contribution in [0.5, 0.6) is 5.75 Å². The Morgan fingerprint density at radius 2 is 1.89 bits per heavy atom. The summed E-state index contributed by atoms with van der Waals surface area (Å²) in [5.41, 5.74) is 0. The fourth-order valence-electron chi connectivity index (χ4n) is 1.31. The molecule has 19 heavy (non-hydrogen) atoms. The molecule has 8 heteroatoms. The highest BCUT2D eigenvalue weighted by Crippen LogP contribution is 2.23. The number of nitrogens with one attached hydrogen (secondary N) is 1. The van der Waals surface area contributed by atoms with Gasteiger partial charge < -0.3 is 5.11 Å². The highest BCUT2D eigenvalue weighted by atomic mass is 32.2. The van der Waals surface area contributed by atoms with E-state index in [9.17, 15) is 22.3 Å². The molecule has 0 amide bonds. The first kappa shape index (κ1) is 13.2. The van der Waals surface area contributed by atoms with Gasteiger partial charge in [-0.1, -0.05) is 0 Å². The third-order valence-electron chi connectivity index (χ3n) is 2.22. The Bertz CT molecular complexity index is 720. The second kappa shape index (κ2) is 4.81. The molecule has 0 aliphatic heterocycles. The van der Waals surface area contributed by atoms with Crippen LogP contribution in [0.4, 0.5) is 14.6 Å². The van der Waals surface area contributed by atoms with Gasteiger partial charge in [0.15, 0.2) is 23.2 Å². The predicted molar refractivity (Wildman–Crippen MR) is 63.1 cm³/mol. The molecule has 0 saturated carbocycles. The van der Waals surface area contributed by atoms with E-state index in [1.807, 2.05) is 4.72 Å². The van der Waals surface area contributed by atoms with E-state index in [1.54, 1.807) is 0 Å². The molecule has 1 aromatic heterocycles. The molecule has 0 saturated heterocycles. The van der Waals surface area contributed by atoms with Gasteiger partial charge in [-0.15, -0.1) is 0 Å². The van der Waals surface area contributed by atoms with Crippen molar-refractivity contribution in [3.63, 3.8) is 0 Å². The van der Waals surface area contributed by atoms with Crippen molar-refractivity contribution in [2.24, 2.45) is 0 Å². The number of aromatic nitrogens is 1. The first-order valence-corrected chi connectivity index (χ1v) is 6.50. The molecule has 0 bridgehead atoms. The maximum absolute atomic E-state index is 13.0. The van der Waals surface area contributed by atoms with Crippen LogP contribution in [0.1, 0.15) is 0 Å². The van der Waals surface area contributed by atoms with Crippen molar-refractivity contribution in [2.75, 3.05) is 4.72 Å². The molecule has 0 atom stereocenters. The highest BCUT2D eigenvalue weighted by molar-refractivity contribution is 7.92. The van der Waals surface area contributed by atoms with Gasteiger partial charge in [0.2, 0.25) is 0 Å². The second-order valence-corrected chi connectivity index (χ2v) is 5.23. The van der Waals surface area contributed by atoms with Gasteiger partial charge >= 0.3 is 0 Å². The third-order valence-corrected chi connectivity index (χ3v) is 3.56. The fraction of sp³-hybridized carbons (Fsp3) is 0. The Balaban J connectivity index is 2.38. The number of hydrogen-bond donors (Lipinski definition) is 2. The fourth-order valence-corrected chi connectivity index (χ4v) is 2.34. The number of pyridine rings is 1. The van der Waals surface area contributed by atoms with Crippen molar-refractivity contribution < 1.29 is 22.3 Å². The average molecular weight is 286 g/mol. The van der Waals surface area contributed by atoms with Gasteiger partial charge in [-0.25, -0.2) is 22.2 Å². The summed E-state index contributed by atoms with van der Waals surface area (Å²) >= 11 is 0. The topological polar surface area (TPSA) is 79.3 Å². The Hall–Kier alpha value is -2.22. The monoisotopic (exact) mass is 286 g/mol. The van der Waals surface area contributed by atoms with E-state index in [1.165, 1.54) is 18.3 Å². The maximum atomic E-state index is 13.0. The molecule has 2 N–H and O–H groups in total. The first-order chi connectivity index (χ1) is 8.90. The van der Waals surface area contributed by atoms with Gasteiger partial charge in [0.05, 0.1) is 4.90 Å². The second-order valence-electron chi connectivity index (χ2n) is 3.55. The first-order valence-electron chi connectivity index (χ1n) is 5.02. The van der Waals surface area contributed by atoms with Gasteiger partial charge in [0, 0.05) is 6.20 Å². The standard InChI is InChI=1S/C11H8F2N2O3S/c12-8-4-3-7(6-9(8)13)19(17,18)15-11-10(16)2-1-5-14-11/h1-6,16H,(H,14,15). The van der Waals surface area contributed by atoms with Gasteiger partial charge in [0.25, 0.3) is 10.0 Å². The normalized spacial score (nSPS) is 11.3. The van der Waals surface area contributed by atoms with Gasteiger partial charge in [-0.05, 0) is 30.3 Å². The Kier molecular flexibility index (Phi) is 3.34. The van der Waals surface area contributed by atoms with E-state index in [0.717, 1.165) is 6.07 Å². The van der Waals surface area contributed by atoms with E-state index < -0.39 is 26.6 Å². The van der Waals surface area contributed by atoms with E-state index in [0.29, 0.717) is 12.1 Å². The number of rotatable bonds is 3. The molecule has 5 nitrogen and oxygen atoms in total. The Morgan fingerprint density at radius 1 is 1.16 bits per heavy atom. The number of halogens is 2. The molecule has 1 heterocycles. The largest absolute Gasteiger partial charge is 0.504 e. The number of benzene rings is 1. The van der Waals surface area contributed by atoms with Crippen molar-refractivity contribution in [3.05, 3.63) is 48.2 Å². The zero-order chi connectivity index (χ0) is 14.0. The Morgan fingerprint density at radius 3 is 2.53 bits per heavy atom. The summed E-state index contributed by atoms with van der Waals surface area (Å²) in [4.78, 5) is 3.15. The molecule has 0 aliphatic carbocycles. The predicted octanol–water partition coefficient (Wildman–Crippen LogP) is 1.87. The zero-order valence-corrected chi connectivity index (χ0v) is 10.2. The number of hydrogen-bond acceptors (Lipinski definition) is 4. The summed E-state index contributed by atoms with van der Waals surface area (Å²) in [6, 6.07) is 4.78. The van der Waals surface area contributed by atoms with Crippen LogP contribution in [0, 0.1) is 11.6 Å². The zero-order valence-electron chi connectivity index (χ0n) is 9.34. The van der Waals surface area contributed by atoms with E-state index in [2.05, 4.69) is 4.98 Å². The van der Waals surface area contributed by atoms with Crippen LogP contribution >= 0.6 is 0 Å². The molecule has 0 aliphatic rings. The summed E-state index contributed by atoms with van der Waals surface area (Å²) < 4.78 is 51.4. The molecule has 1 aromatic carbocycles. The van der Waals surface area contributed by atoms with Crippen molar-refractivity contribution in [2.45, 2.75) is 4.90 Å². The van der Waals surface area contributed by atoms with Crippen LogP contribution < -0.4 is 4.72 Å². The molecule has 2 aromatic rings. The summed E-state index contributed by atoms with van der Waals surface area (Å²) in [5.74, 6) is -3.12. The van der Waals surface area contributed by atoms with Gasteiger partial charge in [-0.2, -0.15) is 0 Å². The lowest BCUT2D eigenvalue weighted by atomic mass is 10.3. The van der Waals surface area contributed by atoms with Crippen LogP contribution in [-0.4, -0.2) is 18.5 Å². The lowest BCUT2D eigenvalue weighted by molar-refractivity contribution is 0.475. The van der Waals surface area contributed by atoms with E-state index >= 15 is 0 Å². The molecule has 0 unspecified atom stereocenters. The van der Waals surface area contributed by atoms with E-state index in [-0.39, 0.29) is 11.6 Å². The van der Waals surface area contributed by atoms with Crippen LogP contribution in [-0.2, 0) is 10.0 Å². The van der Waals surface area contributed by atoms with Crippen LogP contribution in [0.3, 0.4) is 0 Å². The summed E-state index contributed by atoms with van der Waals surface area (Å²) in [6.07, 6.45) is 1.27. The van der Waals surface area contributed by atoms with Crippen molar-refractivity contribution in [1.29, 1.82) is 0 Å². The minimum absolute atomic E-state index is 0.299. The van der Waals surface area contributed by atoms with Gasteiger partial charge in [0.1, 0.15) is 0 Å². The summed E-state index contributed by atoms with van der Waals surface area (Å²) in [7, 11) is -4.15. The number of aromatic hydroxyl groups is 1. The third kappa shape index (κ3) is 2.79. The minimum atomic E-state index is -4.15. The molecule has 2 rings (SSSR count).